The van der Waals surface area contributed by atoms with Crippen molar-refractivity contribution >= 4 is 29.2 Å². The second-order valence-electron chi connectivity index (χ2n) is 3.79. The Hall–Kier alpha value is -0.970. The maximum atomic E-state index is 6.10. The van der Waals surface area contributed by atoms with Crippen LogP contribution in [0, 0.1) is 0 Å². The topological polar surface area (TPSA) is 45.6 Å². The smallest absolute Gasteiger partial charge is 0.191 e. The lowest BCUT2D eigenvalue weighted by Crippen LogP contribution is -2.38. The van der Waals surface area contributed by atoms with Crippen molar-refractivity contribution in [3.8, 4) is 0 Å². The van der Waals surface area contributed by atoms with Crippen LogP contribution in [0.15, 0.2) is 23.2 Å². The number of nitrogens with zero attached hydrogens (tertiary/aromatic N) is 1. The van der Waals surface area contributed by atoms with Crippen LogP contribution < -0.4 is 10.6 Å². The van der Waals surface area contributed by atoms with E-state index < -0.39 is 0 Å². The molecule has 1 aromatic rings. The van der Waals surface area contributed by atoms with Gasteiger partial charge in [0.2, 0.25) is 0 Å². The maximum absolute atomic E-state index is 6.10. The molecule has 0 saturated heterocycles. The molecule has 0 saturated carbocycles. The molecule has 0 aliphatic carbocycles. The molecule has 4 nitrogen and oxygen atoms in total. The van der Waals surface area contributed by atoms with Gasteiger partial charge in [0.25, 0.3) is 0 Å². The van der Waals surface area contributed by atoms with Crippen LogP contribution in [-0.2, 0) is 11.3 Å². The van der Waals surface area contributed by atoms with Crippen molar-refractivity contribution in [3.05, 3.63) is 33.8 Å². The Labute approximate surface area is 124 Å². The van der Waals surface area contributed by atoms with Crippen LogP contribution >= 0.6 is 23.2 Å². The van der Waals surface area contributed by atoms with E-state index in [2.05, 4.69) is 15.6 Å². The van der Waals surface area contributed by atoms with E-state index in [0.717, 1.165) is 5.56 Å². The van der Waals surface area contributed by atoms with Gasteiger partial charge in [-0.3, -0.25) is 4.99 Å². The number of nitrogens with one attached hydrogen (secondary N) is 2. The average molecular weight is 304 g/mol. The number of benzene rings is 1. The van der Waals surface area contributed by atoms with Crippen molar-refractivity contribution in [1.82, 2.24) is 10.6 Å². The van der Waals surface area contributed by atoms with Crippen LogP contribution in [0.2, 0.25) is 10.0 Å². The predicted octanol–water partition coefficient (Wildman–Crippen LogP) is 2.69. The van der Waals surface area contributed by atoms with Gasteiger partial charge in [-0.15, -0.1) is 0 Å². The molecule has 1 aromatic carbocycles. The standard InChI is InChI=1S/C13H19Cl2N3O/c1-3-19-7-6-17-13(16-2)18-9-10-4-5-11(14)8-12(10)15/h4-5,8H,3,6-7,9H2,1-2H3,(H2,16,17,18). The first-order valence-electron chi connectivity index (χ1n) is 6.13. The van der Waals surface area contributed by atoms with E-state index in [-0.39, 0.29) is 0 Å². The Balaban J connectivity index is 2.40. The first kappa shape index (κ1) is 16.1. The zero-order valence-corrected chi connectivity index (χ0v) is 12.7. The Morgan fingerprint density at radius 3 is 2.74 bits per heavy atom. The molecule has 0 atom stereocenters. The fourth-order valence-electron chi connectivity index (χ4n) is 1.45. The minimum absolute atomic E-state index is 0.588. The number of hydrogen-bond acceptors (Lipinski definition) is 2. The minimum Gasteiger partial charge on any atom is -0.380 e. The summed E-state index contributed by atoms with van der Waals surface area (Å²) in [6.45, 7) is 4.63. The van der Waals surface area contributed by atoms with Gasteiger partial charge in [0.1, 0.15) is 0 Å². The monoisotopic (exact) mass is 303 g/mol. The fourth-order valence-corrected chi connectivity index (χ4v) is 1.93. The van der Waals surface area contributed by atoms with Gasteiger partial charge in [-0.25, -0.2) is 0 Å². The van der Waals surface area contributed by atoms with E-state index in [1.807, 2.05) is 19.1 Å². The summed E-state index contributed by atoms with van der Waals surface area (Å²) >= 11 is 11.9. The Morgan fingerprint density at radius 2 is 2.11 bits per heavy atom. The molecule has 0 radical (unpaired) electrons. The van der Waals surface area contributed by atoms with Gasteiger partial charge in [0.05, 0.1) is 6.61 Å². The summed E-state index contributed by atoms with van der Waals surface area (Å²) < 4.78 is 5.24. The predicted molar refractivity (Wildman–Crippen MR) is 81.2 cm³/mol. The first-order valence-corrected chi connectivity index (χ1v) is 6.89. The van der Waals surface area contributed by atoms with E-state index in [4.69, 9.17) is 27.9 Å². The summed E-state index contributed by atoms with van der Waals surface area (Å²) in [6, 6.07) is 5.44. The summed E-state index contributed by atoms with van der Waals surface area (Å²) in [7, 11) is 1.72. The van der Waals surface area contributed by atoms with Gasteiger partial charge >= 0.3 is 0 Å². The third kappa shape index (κ3) is 6.14. The summed E-state index contributed by atoms with van der Waals surface area (Å²) in [6.07, 6.45) is 0. The molecule has 0 fully saturated rings. The van der Waals surface area contributed by atoms with Gasteiger partial charge < -0.3 is 15.4 Å². The van der Waals surface area contributed by atoms with Crippen LogP contribution in [0.25, 0.3) is 0 Å². The fraction of sp³-hybridized carbons (Fsp3) is 0.462. The van der Waals surface area contributed by atoms with Gasteiger partial charge in [-0.05, 0) is 24.6 Å². The average Bonchev–Trinajstić information content (AvgIpc) is 2.40. The Bertz CT molecular complexity index is 424. The number of guanidine groups is 1. The zero-order valence-electron chi connectivity index (χ0n) is 11.2. The zero-order chi connectivity index (χ0) is 14.1. The van der Waals surface area contributed by atoms with E-state index in [1.54, 1.807) is 13.1 Å². The van der Waals surface area contributed by atoms with Crippen LogP contribution in [0.1, 0.15) is 12.5 Å². The number of hydrogen-bond donors (Lipinski definition) is 2. The molecule has 1 rings (SSSR count). The van der Waals surface area contributed by atoms with E-state index in [9.17, 15) is 0 Å². The Morgan fingerprint density at radius 1 is 1.32 bits per heavy atom. The SMILES string of the molecule is CCOCCNC(=NC)NCc1ccc(Cl)cc1Cl. The van der Waals surface area contributed by atoms with E-state index in [1.165, 1.54) is 0 Å². The van der Waals surface area contributed by atoms with Crippen LogP contribution in [-0.4, -0.2) is 32.8 Å². The molecule has 19 heavy (non-hydrogen) atoms. The first-order chi connectivity index (χ1) is 9.17. The highest BCUT2D eigenvalue weighted by atomic mass is 35.5. The highest BCUT2D eigenvalue weighted by Gasteiger charge is 2.02. The molecular weight excluding hydrogens is 285 g/mol. The summed E-state index contributed by atoms with van der Waals surface area (Å²) in [5.41, 5.74) is 0.971. The molecule has 106 valence electrons. The molecule has 0 heterocycles. The van der Waals surface area contributed by atoms with Crippen molar-refractivity contribution < 1.29 is 4.74 Å². The molecule has 0 unspecified atom stereocenters. The molecule has 2 N–H and O–H groups in total. The quantitative estimate of drug-likeness (QED) is 0.482. The highest BCUT2D eigenvalue weighted by molar-refractivity contribution is 6.35. The summed E-state index contributed by atoms with van der Waals surface area (Å²) in [5.74, 6) is 0.714. The number of ether oxygens (including phenoxy) is 1. The van der Waals surface area contributed by atoms with Crippen molar-refractivity contribution in [1.29, 1.82) is 0 Å². The van der Waals surface area contributed by atoms with Gasteiger partial charge in [-0.2, -0.15) is 0 Å². The minimum atomic E-state index is 0.588. The molecular formula is C13H19Cl2N3O. The lowest BCUT2D eigenvalue weighted by Gasteiger charge is -2.12. The van der Waals surface area contributed by atoms with Crippen LogP contribution in [0.5, 0.6) is 0 Å². The van der Waals surface area contributed by atoms with E-state index >= 15 is 0 Å². The van der Waals surface area contributed by atoms with Gasteiger partial charge in [0, 0.05) is 36.8 Å². The van der Waals surface area contributed by atoms with Crippen molar-refractivity contribution in [3.63, 3.8) is 0 Å². The maximum Gasteiger partial charge on any atom is 0.191 e. The number of aliphatic imine (C=N–C) groups is 1. The van der Waals surface area contributed by atoms with Crippen LogP contribution in [0.3, 0.4) is 0 Å². The van der Waals surface area contributed by atoms with Crippen LogP contribution in [0.4, 0.5) is 0 Å². The second kappa shape index (κ2) is 9.02. The largest absolute Gasteiger partial charge is 0.380 e. The summed E-state index contributed by atoms with van der Waals surface area (Å²) in [5, 5.41) is 7.60. The highest BCUT2D eigenvalue weighted by Crippen LogP contribution is 2.20. The second-order valence-corrected chi connectivity index (χ2v) is 4.63. The van der Waals surface area contributed by atoms with Gasteiger partial charge in [0.15, 0.2) is 5.96 Å². The molecule has 0 spiro atoms. The Kier molecular flexibility index (Phi) is 7.63. The third-order valence-electron chi connectivity index (χ3n) is 2.43. The number of halogens is 2. The lowest BCUT2D eigenvalue weighted by atomic mass is 10.2. The molecule has 0 bridgehead atoms. The normalized spacial score (nSPS) is 11.5. The van der Waals surface area contributed by atoms with Crippen molar-refractivity contribution in [2.24, 2.45) is 4.99 Å². The molecule has 0 aliphatic heterocycles. The molecule has 6 heteroatoms. The lowest BCUT2D eigenvalue weighted by molar-refractivity contribution is 0.152. The summed E-state index contributed by atoms with van der Waals surface area (Å²) in [4.78, 5) is 4.12. The van der Waals surface area contributed by atoms with Crippen molar-refractivity contribution in [2.45, 2.75) is 13.5 Å². The third-order valence-corrected chi connectivity index (χ3v) is 3.01. The van der Waals surface area contributed by atoms with Gasteiger partial charge in [-0.1, -0.05) is 29.3 Å². The molecule has 0 amide bonds. The van der Waals surface area contributed by atoms with E-state index in [0.29, 0.717) is 42.3 Å². The number of rotatable bonds is 6. The molecule has 0 aliphatic rings. The molecule has 0 aromatic heterocycles. The van der Waals surface area contributed by atoms with Crippen molar-refractivity contribution in [2.75, 3.05) is 26.8 Å².